The number of carbonyl (C=O) groups excluding carboxylic acids is 2. The first-order chi connectivity index (χ1) is 23.0. The topological polar surface area (TPSA) is 79.6 Å². The molecule has 9 nitrogen and oxygen atoms in total. The zero-order chi connectivity index (χ0) is 32.3. The minimum absolute atomic E-state index is 0.0286. The highest BCUT2D eigenvalue weighted by atomic mass is 35.5. The van der Waals surface area contributed by atoms with Gasteiger partial charge in [-0.05, 0) is 92.7 Å². The van der Waals surface area contributed by atoms with E-state index < -0.39 is 0 Å². The SMILES string of the molecule is COc1cc2c(cc1OCCCCCN1CCN(C(=O)c3nc(-c4ccc(Cl)cc4)n4ccccc34)CC1)C=C[C@@H]1CCCN1C2=O. The molecule has 0 spiro atoms. The summed E-state index contributed by atoms with van der Waals surface area (Å²) in [5.74, 6) is 2.05. The average Bonchev–Trinajstić information content (AvgIpc) is 3.71. The molecule has 5 heterocycles. The number of hydrogen-bond acceptors (Lipinski definition) is 6. The standard InChI is InChI=1S/C37H40ClN5O4/c1-46-32-25-30-27(12-15-29-8-7-18-42(29)36(30)44)24-33(32)47-23-6-2-4-16-40-19-21-41(22-20-40)37(45)34-31-9-3-5-17-43(31)35(39-34)26-10-13-28(38)14-11-26/h3,5,9-15,17,24-25,29H,2,4,6-8,16,18-23H2,1H3/t29-/m0/s1. The van der Waals surface area contributed by atoms with E-state index in [1.807, 2.05) is 75.0 Å². The number of carbonyl (C=O) groups is 2. The summed E-state index contributed by atoms with van der Waals surface area (Å²) in [6.45, 7) is 5.42. The Hall–Kier alpha value is -4.34. The Balaban J connectivity index is 0.881. The van der Waals surface area contributed by atoms with E-state index >= 15 is 0 Å². The highest BCUT2D eigenvalue weighted by molar-refractivity contribution is 6.30. The second kappa shape index (κ2) is 13.8. The molecule has 244 valence electrons. The van der Waals surface area contributed by atoms with Crippen molar-refractivity contribution in [2.75, 3.05) is 53.0 Å². The molecule has 2 saturated heterocycles. The second-order valence-electron chi connectivity index (χ2n) is 12.4. The molecule has 7 rings (SSSR count). The summed E-state index contributed by atoms with van der Waals surface area (Å²) in [4.78, 5) is 37.9. The first-order valence-corrected chi connectivity index (χ1v) is 17.0. The molecule has 0 unspecified atom stereocenters. The lowest BCUT2D eigenvalue weighted by Crippen LogP contribution is -2.49. The van der Waals surface area contributed by atoms with Gasteiger partial charge in [0, 0.05) is 49.5 Å². The number of hydrogen-bond donors (Lipinski definition) is 0. The number of imidazole rings is 1. The Morgan fingerprint density at radius 3 is 2.62 bits per heavy atom. The van der Waals surface area contributed by atoms with E-state index in [2.05, 4.69) is 17.1 Å². The Morgan fingerprint density at radius 1 is 0.979 bits per heavy atom. The van der Waals surface area contributed by atoms with Crippen LogP contribution >= 0.6 is 11.6 Å². The van der Waals surface area contributed by atoms with Crippen molar-refractivity contribution in [3.05, 3.63) is 88.7 Å². The van der Waals surface area contributed by atoms with Crippen molar-refractivity contribution in [3.63, 3.8) is 0 Å². The van der Waals surface area contributed by atoms with E-state index in [9.17, 15) is 9.59 Å². The molecular formula is C37H40ClN5O4. The molecular weight excluding hydrogens is 614 g/mol. The first kappa shape index (κ1) is 31.3. The lowest BCUT2D eigenvalue weighted by Gasteiger charge is -2.34. The number of methoxy groups -OCH3 is 1. The number of pyridine rings is 1. The van der Waals surface area contributed by atoms with E-state index in [0.29, 0.717) is 47.5 Å². The van der Waals surface area contributed by atoms with E-state index in [1.165, 1.54) is 0 Å². The molecule has 1 atom stereocenters. The fraction of sp³-hybridized carbons (Fsp3) is 0.378. The van der Waals surface area contributed by atoms with Crippen LogP contribution in [0.2, 0.25) is 5.02 Å². The van der Waals surface area contributed by atoms with Gasteiger partial charge in [-0.15, -0.1) is 0 Å². The van der Waals surface area contributed by atoms with Crippen molar-refractivity contribution in [1.29, 1.82) is 0 Å². The Kier molecular flexibility index (Phi) is 9.18. The third-order valence-corrected chi connectivity index (χ3v) is 9.77. The lowest BCUT2D eigenvalue weighted by atomic mass is 10.1. The number of unbranched alkanes of at least 4 members (excludes halogenated alkanes) is 2. The van der Waals surface area contributed by atoms with Gasteiger partial charge in [0.25, 0.3) is 11.8 Å². The number of halogens is 1. The quantitative estimate of drug-likeness (QED) is 0.187. The fourth-order valence-corrected chi connectivity index (χ4v) is 7.03. The lowest BCUT2D eigenvalue weighted by molar-refractivity contribution is 0.0631. The maximum atomic E-state index is 13.6. The van der Waals surface area contributed by atoms with Crippen molar-refractivity contribution < 1.29 is 19.1 Å². The van der Waals surface area contributed by atoms with Crippen LogP contribution in [0.1, 0.15) is 58.5 Å². The largest absolute Gasteiger partial charge is 0.493 e. The molecule has 0 radical (unpaired) electrons. The summed E-state index contributed by atoms with van der Waals surface area (Å²) < 4.78 is 13.7. The highest BCUT2D eigenvalue weighted by Gasteiger charge is 2.32. The summed E-state index contributed by atoms with van der Waals surface area (Å²) >= 11 is 6.10. The minimum Gasteiger partial charge on any atom is -0.493 e. The molecule has 3 aliphatic rings. The Labute approximate surface area is 280 Å². The number of aromatic nitrogens is 2. The zero-order valence-electron chi connectivity index (χ0n) is 26.7. The van der Waals surface area contributed by atoms with E-state index in [1.54, 1.807) is 7.11 Å². The van der Waals surface area contributed by atoms with Crippen molar-refractivity contribution in [3.8, 4) is 22.9 Å². The summed E-state index contributed by atoms with van der Waals surface area (Å²) in [6, 6.07) is 17.3. The first-order valence-electron chi connectivity index (χ1n) is 16.6. The van der Waals surface area contributed by atoms with Crippen molar-refractivity contribution in [2.45, 2.75) is 38.1 Å². The fourth-order valence-electron chi connectivity index (χ4n) is 6.90. The monoisotopic (exact) mass is 653 g/mol. The summed E-state index contributed by atoms with van der Waals surface area (Å²) in [7, 11) is 1.62. The van der Waals surface area contributed by atoms with Crippen molar-refractivity contribution in [1.82, 2.24) is 24.1 Å². The molecule has 0 bridgehead atoms. The molecule has 10 heteroatoms. The molecule has 2 amide bonds. The number of nitrogens with zero attached hydrogens (tertiary/aromatic N) is 5. The van der Waals surface area contributed by atoms with Gasteiger partial charge in [0.05, 0.1) is 30.8 Å². The van der Waals surface area contributed by atoms with Gasteiger partial charge >= 0.3 is 0 Å². The maximum Gasteiger partial charge on any atom is 0.274 e. The smallest absolute Gasteiger partial charge is 0.274 e. The molecule has 2 fully saturated rings. The van der Waals surface area contributed by atoms with Crippen LogP contribution in [-0.2, 0) is 0 Å². The summed E-state index contributed by atoms with van der Waals surface area (Å²) in [6.07, 6.45) is 11.2. The minimum atomic E-state index is -0.0286. The van der Waals surface area contributed by atoms with E-state index in [0.717, 1.165) is 80.8 Å². The molecule has 2 aromatic carbocycles. The number of fused-ring (bicyclic) bond motifs is 3. The third-order valence-electron chi connectivity index (χ3n) is 9.51. The molecule has 0 aliphatic carbocycles. The van der Waals surface area contributed by atoms with E-state index in [4.69, 9.17) is 26.1 Å². The van der Waals surface area contributed by atoms with Gasteiger partial charge in [0.1, 0.15) is 5.82 Å². The van der Waals surface area contributed by atoms with Crippen molar-refractivity contribution in [2.24, 2.45) is 0 Å². The Morgan fingerprint density at radius 2 is 1.81 bits per heavy atom. The number of rotatable bonds is 10. The number of ether oxygens (including phenoxy) is 2. The van der Waals surface area contributed by atoms with Gasteiger partial charge in [-0.1, -0.05) is 29.8 Å². The summed E-state index contributed by atoms with van der Waals surface area (Å²) in [5, 5.41) is 0.663. The van der Waals surface area contributed by atoms with Gasteiger partial charge in [0.2, 0.25) is 0 Å². The van der Waals surface area contributed by atoms with Gasteiger partial charge in [-0.25, -0.2) is 4.98 Å². The van der Waals surface area contributed by atoms with Crippen LogP contribution < -0.4 is 9.47 Å². The second-order valence-corrected chi connectivity index (χ2v) is 12.9. The van der Waals surface area contributed by atoms with E-state index in [-0.39, 0.29) is 17.9 Å². The van der Waals surface area contributed by atoms with Crippen LogP contribution in [0.15, 0.2) is 66.9 Å². The molecule has 3 aliphatic heterocycles. The van der Waals surface area contributed by atoms with Gasteiger partial charge < -0.3 is 19.3 Å². The number of piperazine rings is 1. The van der Waals surface area contributed by atoms with Crippen LogP contribution in [0.5, 0.6) is 11.5 Å². The maximum absolute atomic E-state index is 13.6. The Bertz CT molecular complexity index is 1790. The third kappa shape index (κ3) is 6.47. The van der Waals surface area contributed by atoms with Gasteiger partial charge in [0.15, 0.2) is 17.2 Å². The zero-order valence-corrected chi connectivity index (χ0v) is 27.5. The predicted molar refractivity (Wildman–Crippen MR) is 183 cm³/mol. The molecule has 2 aromatic heterocycles. The van der Waals surface area contributed by atoms with Crippen LogP contribution in [0.3, 0.4) is 0 Å². The highest BCUT2D eigenvalue weighted by Crippen LogP contribution is 2.35. The van der Waals surface area contributed by atoms with Crippen molar-refractivity contribution >= 4 is 35.0 Å². The van der Waals surface area contributed by atoms with Gasteiger partial charge in [-0.2, -0.15) is 0 Å². The number of benzene rings is 2. The molecule has 47 heavy (non-hydrogen) atoms. The van der Waals surface area contributed by atoms with Crippen LogP contribution in [0.4, 0.5) is 0 Å². The predicted octanol–water partition coefficient (Wildman–Crippen LogP) is 6.30. The molecule has 4 aromatic rings. The van der Waals surface area contributed by atoms with Crippen LogP contribution in [0, 0.1) is 0 Å². The summed E-state index contributed by atoms with van der Waals surface area (Å²) in [5.41, 5.74) is 3.77. The van der Waals surface area contributed by atoms with Crippen LogP contribution in [-0.4, -0.2) is 94.9 Å². The number of amides is 2. The average molecular weight is 654 g/mol. The molecule has 0 N–H and O–H groups in total. The normalized spacial score (nSPS) is 17.9. The van der Waals surface area contributed by atoms with Gasteiger partial charge in [-0.3, -0.25) is 18.9 Å². The molecule has 0 saturated carbocycles. The van der Waals surface area contributed by atoms with Crippen LogP contribution in [0.25, 0.3) is 23.0 Å².